The Hall–Kier alpha value is -1.31. The van der Waals surface area contributed by atoms with Crippen molar-refractivity contribution in [2.24, 2.45) is 0 Å². The smallest absolute Gasteiger partial charge is 0.276 e. The highest BCUT2D eigenvalue weighted by molar-refractivity contribution is 9.10. The molecule has 19 heavy (non-hydrogen) atoms. The van der Waals surface area contributed by atoms with Crippen LogP contribution in [0.2, 0.25) is 0 Å². The zero-order valence-corrected chi connectivity index (χ0v) is 12.5. The number of aromatic amines is 1. The van der Waals surface area contributed by atoms with Crippen LogP contribution in [-0.2, 0) is 0 Å². The number of fused-ring (bicyclic) bond motifs is 1. The summed E-state index contributed by atoms with van der Waals surface area (Å²) < 4.78 is 16.0. The molecule has 0 aliphatic heterocycles. The number of thiophene rings is 1. The van der Waals surface area contributed by atoms with Crippen LogP contribution in [0.15, 0.2) is 38.9 Å². The first-order valence-corrected chi connectivity index (χ1v) is 7.34. The fraction of sp³-hybridized carbons (Fsp3) is 0. The van der Waals surface area contributed by atoms with E-state index in [1.54, 1.807) is 18.2 Å². The highest BCUT2D eigenvalue weighted by atomic mass is 79.9. The van der Waals surface area contributed by atoms with Gasteiger partial charge in [-0.25, -0.2) is 4.39 Å². The highest BCUT2D eigenvalue weighted by Crippen LogP contribution is 2.20. The van der Waals surface area contributed by atoms with Crippen LogP contribution >= 0.6 is 39.5 Å². The Morgan fingerprint density at radius 3 is 2.89 bits per heavy atom. The van der Waals surface area contributed by atoms with E-state index in [0.29, 0.717) is 20.4 Å². The van der Waals surface area contributed by atoms with Crippen molar-refractivity contribution in [2.75, 3.05) is 0 Å². The standard InChI is InChI=1S/C12H6BrFN2OS2/c13-7-2-1-6(5-8(7)14)16-11(17)10-9(3-4-19-10)15-12(16)18/h1-5H,(H,15,18). The fourth-order valence-electron chi connectivity index (χ4n) is 1.80. The van der Waals surface area contributed by atoms with Crippen molar-refractivity contribution in [3.05, 3.63) is 55.1 Å². The Labute approximate surface area is 124 Å². The van der Waals surface area contributed by atoms with Gasteiger partial charge in [-0.3, -0.25) is 9.36 Å². The van der Waals surface area contributed by atoms with Crippen molar-refractivity contribution in [2.45, 2.75) is 0 Å². The van der Waals surface area contributed by atoms with E-state index in [0.717, 1.165) is 0 Å². The minimum Gasteiger partial charge on any atom is -0.331 e. The number of H-pyrrole nitrogens is 1. The van der Waals surface area contributed by atoms with Crippen LogP contribution in [0.3, 0.4) is 0 Å². The van der Waals surface area contributed by atoms with Crippen LogP contribution < -0.4 is 5.56 Å². The lowest BCUT2D eigenvalue weighted by atomic mass is 10.3. The molecule has 0 saturated heterocycles. The van der Waals surface area contributed by atoms with Gasteiger partial charge in [-0.1, -0.05) is 0 Å². The van der Waals surface area contributed by atoms with E-state index in [4.69, 9.17) is 12.2 Å². The molecule has 0 aliphatic carbocycles. The predicted molar refractivity (Wildman–Crippen MR) is 80.3 cm³/mol. The molecule has 96 valence electrons. The number of aromatic nitrogens is 2. The lowest BCUT2D eigenvalue weighted by Crippen LogP contribution is -2.19. The Balaban J connectivity index is 2.38. The zero-order valence-electron chi connectivity index (χ0n) is 9.31. The van der Waals surface area contributed by atoms with Crippen molar-refractivity contribution in [1.82, 2.24) is 9.55 Å². The number of halogens is 2. The second-order valence-electron chi connectivity index (χ2n) is 3.83. The molecule has 2 aromatic heterocycles. The zero-order chi connectivity index (χ0) is 13.6. The summed E-state index contributed by atoms with van der Waals surface area (Å²) in [6.45, 7) is 0. The molecule has 1 aromatic carbocycles. The second-order valence-corrected chi connectivity index (χ2v) is 5.99. The molecule has 0 spiro atoms. The Morgan fingerprint density at radius 2 is 2.16 bits per heavy atom. The van der Waals surface area contributed by atoms with Crippen LogP contribution in [0.4, 0.5) is 4.39 Å². The Kier molecular flexibility index (Phi) is 3.12. The maximum Gasteiger partial charge on any atom is 0.276 e. The molecule has 0 fully saturated rings. The molecule has 2 heterocycles. The summed E-state index contributed by atoms with van der Waals surface area (Å²) in [4.78, 5) is 15.3. The normalized spacial score (nSPS) is 11.1. The van der Waals surface area contributed by atoms with Crippen molar-refractivity contribution < 1.29 is 4.39 Å². The van der Waals surface area contributed by atoms with Crippen LogP contribution in [0, 0.1) is 10.6 Å². The number of rotatable bonds is 1. The third-order valence-electron chi connectivity index (χ3n) is 2.67. The number of hydrogen-bond acceptors (Lipinski definition) is 3. The largest absolute Gasteiger partial charge is 0.331 e. The van der Waals surface area contributed by atoms with E-state index in [1.807, 2.05) is 5.38 Å². The summed E-state index contributed by atoms with van der Waals surface area (Å²) in [5.41, 5.74) is 0.867. The molecule has 0 amide bonds. The van der Waals surface area contributed by atoms with Gasteiger partial charge in [0, 0.05) is 0 Å². The van der Waals surface area contributed by atoms with E-state index in [1.165, 1.54) is 22.0 Å². The van der Waals surface area contributed by atoms with Crippen molar-refractivity contribution in [1.29, 1.82) is 0 Å². The van der Waals surface area contributed by atoms with Gasteiger partial charge in [-0.15, -0.1) is 11.3 Å². The molecular weight excluding hydrogens is 351 g/mol. The summed E-state index contributed by atoms with van der Waals surface area (Å²) in [7, 11) is 0. The monoisotopic (exact) mass is 356 g/mol. The summed E-state index contributed by atoms with van der Waals surface area (Å²) in [5, 5.41) is 1.81. The van der Waals surface area contributed by atoms with Gasteiger partial charge in [0.15, 0.2) is 4.77 Å². The highest BCUT2D eigenvalue weighted by Gasteiger charge is 2.10. The summed E-state index contributed by atoms with van der Waals surface area (Å²) in [6.07, 6.45) is 0. The molecule has 0 aliphatic rings. The van der Waals surface area contributed by atoms with Gasteiger partial charge >= 0.3 is 0 Å². The molecule has 7 heteroatoms. The van der Waals surface area contributed by atoms with Gasteiger partial charge in [-0.2, -0.15) is 0 Å². The average Bonchev–Trinajstić information content (AvgIpc) is 2.82. The number of nitrogens with zero attached hydrogens (tertiary/aromatic N) is 1. The molecule has 1 N–H and O–H groups in total. The van der Waals surface area contributed by atoms with E-state index in [-0.39, 0.29) is 10.3 Å². The Bertz CT molecular complexity index is 897. The average molecular weight is 357 g/mol. The SMILES string of the molecule is O=c1c2sccc2[nH]c(=S)n1-c1ccc(Br)c(F)c1. The number of nitrogens with one attached hydrogen (secondary N) is 1. The third kappa shape index (κ3) is 2.07. The van der Waals surface area contributed by atoms with Gasteiger partial charge in [0.2, 0.25) is 0 Å². The first-order chi connectivity index (χ1) is 9.08. The Morgan fingerprint density at radius 1 is 1.37 bits per heavy atom. The van der Waals surface area contributed by atoms with Gasteiger partial charge < -0.3 is 4.98 Å². The van der Waals surface area contributed by atoms with E-state index in [9.17, 15) is 9.18 Å². The van der Waals surface area contributed by atoms with E-state index >= 15 is 0 Å². The second kappa shape index (κ2) is 4.66. The fourth-order valence-corrected chi connectivity index (χ4v) is 3.12. The minimum atomic E-state index is -0.440. The first-order valence-electron chi connectivity index (χ1n) is 5.26. The lowest BCUT2D eigenvalue weighted by molar-refractivity contribution is 0.619. The van der Waals surface area contributed by atoms with Crippen molar-refractivity contribution in [3.63, 3.8) is 0 Å². The predicted octanol–water partition coefficient (Wildman–Crippen LogP) is 4.01. The third-order valence-corrected chi connectivity index (χ3v) is 4.50. The summed E-state index contributed by atoms with van der Waals surface area (Å²) in [5.74, 6) is -0.440. The molecule has 0 unspecified atom stereocenters. The van der Waals surface area contributed by atoms with Crippen LogP contribution in [0.1, 0.15) is 0 Å². The van der Waals surface area contributed by atoms with Crippen molar-refractivity contribution in [3.8, 4) is 5.69 Å². The summed E-state index contributed by atoms with van der Waals surface area (Å²) >= 11 is 9.57. The molecule has 0 bridgehead atoms. The quantitative estimate of drug-likeness (QED) is 0.669. The first kappa shape index (κ1) is 12.7. The van der Waals surface area contributed by atoms with Gasteiger partial charge in [-0.05, 0) is 57.8 Å². The number of benzene rings is 1. The molecule has 3 aromatic rings. The molecule has 3 rings (SSSR count). The molecule has 0 radical (unpaired) electrons. The number of hydrogen-bond donors (Lipinski definition) is 1. The molecular formula is C12H6BrFN2OS2. The maximum absolute atomic E-state index is 13.6. The van der Waals surface area contributed by atoms with E-state index in [2.05, 4.69) is 20.9 Å². The minimum absolute atomic E-state index is 0.240. The van der Waals surface area contributed by atoms with Crippen LogP contribution in [0.5, 0.6) is 0 Å². The van der Waals surface area contributed by atoms with Crippen LogP contribution in [-0.4, -0.2) is 9.55 Å². The van der Waals surface area contributed by atoms with Gasteiger partial charge in [0.1, 0.15) is 10.5 Å². The lowest BCUT2D eigenvalue weighted by Gasteiger charge is -2.07. The van der Waals surface area contributed by atoms with Gasteiger partial charge in [0.25, 0.3) is 5.56 Å². The molecule has 0 saturated carbocycles. The van der Waals surface area contributed by atoms with Crippen LogP contribution in [0.25, 0.3) is 15.9 Å². The van der Waals surface area contributed by atoms with Crippen molar-refractivity contribution >= 4 is 49.7 Å². The topological polar surface area (TPSA) is 37.8 Å². The molecule has 3 nitrogen and oxygen atoms in total. The molecule has 0 atom stereocenters. The van der Waals surface area contributed by atoms with E-state index < -0.39 is 5.82 Å². The maximum atomic E-state index is 13.6. The van der Waals surface area contributed by atoms with Gasteiger partial charge in [0.05, 0.1) is 15.7 Å². The summed E-state index contributed by atoms with van der Waals surface area (Å²) in [6, 6.07) is 6.25.